The average molecular weight is 366 g/mol. The zero-order valence-corrected chi connectivity index (χ0v) is 15.8. The Morgan fingerprint density at radius 1 is 1.00 bits per heavy atom. The first-order valence-corrected chi connectivity index (χ1v) is 9.67. The molecule has 0 spiro atoms. The molecule has 27 heavy (non-hydrogen) atoms. The number of benzene rings is 1. The van der Waals surface area contributed by atoms with Gasteiger partial charge in [0.2, 0.25) is 5.78 Å². The molecular formula is C21H26N4O2. The number of ether oxygens (including phenoxy) is 1. The highest BCUT2D eigenvalue weighted by molar-refractivity contribution is 6.14. The number of aromatic amines is 1. The lowest BCUT2D eigenvalue weighted by atomic mass is 10.1. The third-order valence-corrected chi connectivity index (χ3v) is 4.52. The number of rotatable bonds is 11. The molecule has 2 aromatic heterocycles. The van der Waals surface area contributed by atoms with Gasteiger partial charge in [-0.25, -0.2) is 4.98 Å². The summed E-state index contributed by atoms with van der Waals surface area (Å²) in [5.41, 5.74) is 2.89. The monoisotopic (exact) mass is 366 g/mol. The lowest BCUT2D eigenvalue weighted by molar-refractivity contribution is 0.103. The van der Waals surface area contributed by atoms with Gasteiger partial charge in [-0.2, -0.15) is 15.4 Å². The summed E-state index contributed by atoms with van der Waals surface area (Å²) in [6, 6.07) is 10.8. The number of fused-ring (bicyclic) bond motifs is 1. The number of carbonyl (C=O) groups excluding carboxylic acids is 1. The van der Waals surface area contributed by atoms with Crippen LogP contribution in [0, 0.1) is 0 Å². The maximum Gasteiger partial charge on any atom is 0.213 e. The van der Waals surface area contributed by atoms with Gasteiger partial charge in [-0.15, -0.1) is 0 Å². The van der Waals surface area contributed by atoms with Crippen molar-refractivity contribution in [2.24, 2.45) is 0 Å². The fourth-order valence-corrected chi connectivity index (χ4v) is 3.04. The van der Waals surface area contributed by atoms with E-state index in [0.29, 0.717) is 28.9 Å². The predicted molar refractivity (Wildman–Crippen MR) is 105 cm³/mol. The van der Waals surface area contributed by atoms with E-state index in [-0.39, 0.29) is 5.78 Å². The van der Waals surface area contributed by atoms with Gasteiger partial charge in [0.1, 0.15) is 16.7 Å². The van der Waals surface area contributed by atoms with Crippen molar-refractivity contribution in [1.29, 1.82) is 0 Å². The number of unbranched alkanes of at least 4 members (excludes halogenated alkanes) is 5. The summed E-state index contributed by atoms with van der Waals surface area (Å²) in [7, 11) is 0. The second-order valence-electron chi connectivity index (χ2n) is 6.66. The molecule has 1 aromatic carbocycles. The first kappa shape index (κ1) is 19.2. The molecule has 3 aromatic rings. The van der Waals surface area contributed by atoms with Crippen molar-refractivity contribution in [1.82, 2.24) is 20.4 Å². The van der Waals surface area contributed by atoms with Crippen molar-refractivity contribution in [2.75, 3.05) is 6.61 Å². The number of nitrogens with zero attached hydrogens (tertiary/aromatic N) is 3. The van der Waals surface area contributed by atoms with E-state index in [1.165, 1.54) is 32.1 Å². The van der Waals surface area contributed by atoms with Crippen LogP contribution in [0.1, 0.15) is 67.2 Å². The Morgan fingerprint density at radius 2 is 1.81 bits per heavy atom. The van der Waals surface area contributed by atoms with E-state index in [1.54, 1.807) is 18.2 Å². The van der Waals surface area contributed by atoms with E-state index >= 15 is 0 Å². The van der Waals surface area contributed by atoms with E-state index in [1.807, 2.05) is 18.2 Å². The molecule has 0 saturated carbocycles. The molecule has 0 saturated heterocycles. The third kappa shape index (κ3) is 5.20. The van der Waals surface area contributed by atoms with Gasteiger partial charge >= 0.3 is 0 Å². The summed E-state index contributed by atoms with van der Waals surface area (Å²) < 4.78 is 5.72. The minimum absolute atomic E-state index is 0.160. The van der Waals surface area contributed by atoms with Crippen LogP contribution in [0.15, 0.2) is 36.4 Å². The summed E-state index contributed by atoms with van der Waals surface area (Å²) in [6.07, 6.45) is 7.42. The summed E-state index contributed by atoms with van der Waals surface area (Å²) in [5.74, 6) is -0.160. The average Bonchev–Trinajstić information content (AvgIpc) is 3.18. The predicted octanol–water partition coefficient (Wildman–Crippen LogP) is 4.46. The second kappa shape index (κ2) is 9.92. The van der Waals surface area contributed by atoms with E-state index < -0.39 is 0 Å². The number of ketones is 1. The lowest BCUT2D eigenvalue weighted by Crippen LogP contribution is -2.07. The molecule has 0 fully saturated rings. The Balaban J connectivity index is 1.54. The fraction of sp³-hybridized carbons (Fsp3) is 0.429. The van der Waals surface area contributed by atoms with Crippen LogP contribution < -0.4 is 0 Å². The first-order chi connectivity index (χ1) is 13.3. The zero-order valence-electron chi connectivity index (χ0n) is 15.8. The van der Waals surface area contributed by atoms with Gasteiger partial charge < -0.3 is 4.74 Å². The molecule has 0 unspecified atom stereocenters. The Bertz CT molecular complexity index is 875. The van der Waals surface area contributed by atoms with Gasteiger partial charge in [-0.3, -0.25) is 4.79 Å². The van der Waals surface area contributed by atoms with Crippen LogP contribution in [0.5, 0.6) is 0 Å². The molecular weight excluding hydrogens is 340 g/mol. The van der Waals surface area contributed by atoms with Crippen molar-refractivity contribution in [3.05, 3.63) is 53.3 Å². The van der Waals surface area contributed by atoms with Gasteiger partial charge in [-0.1, -0.05) is 51.2 Å². The molecule has 2 heterocycles. The number of carbonyl (C=O) groups is 1. The van der Waals surface area contributed by atoms with Crippen LogP contribution in [-0.2, 0) is 11.3 Å². The Morgan fingerprint density at radius 3 is 2.70 bits per heavy atom. The van der Waals surface area contributed by atoms with Crippen LogP contribution >= 0.6 is 0 Å². The standard InChI is InChI=1S/C21H26N4O2/c1-2-3-4-5-6-7-14-27-15-16-10-8-13-19(22-16)21(26)17-11-9-12-18-20(17)24-25-23-18/h8-13H,2-7,14-15H2,1H3,(H,23,24,25). The summed E-state index contributed by atoms with van der Waals surface area (Å²) in [4.78, 5) is 17.3. The third-order valence-electron chi connectivity index (χ3n) is 4.52. The Kier molecular flexibility index (Phi) is 7.04. The molecule has 0 atom stereocenters. The SMILES string of the molecule is CCCCCCCCOCc1cccc(C(=O)c2cccc3n[nH]nc23)n1. The van der Waals surface area contributed by atoms with Crippen molar-refractivity contribution in [2.45, 2.75) is 52.1 Å². The Labute approximate surface area is 159 Å². The molecule has 142 valence electrons. The number of nitrogens with one attached hydrogen (secondary N) is 1. The minimum Gasteiger partial charge on any atom is -0.375 e. The fourth-order valence-electron chi connectivity index (χ4n) is 3.04. The van der Waals surface area contributed by atoms with Crippen LogP contribution in [0.4, 0.5) is 0 Å². The van der Waals surface area contributed by atoms with Crippen LogP contribution in [0.25, 0.3) is 11.0 Å². The van der Waals surface area contributed by atoms with Gasteiger partial charge in [0.05, 0.1) is 17.9 Å². The van der Waals surface area contributed by atoms with E-state index in [9.17, 15) is 4.79 Å². The topological polar surface area (TPSA) is 80.8 Å². The maximum absolute atomic E-state index is 12.8. The van der Waals surface area contributed by atoms with Crippen LogP contribution in [0.3, 0.4) is 0 Å². The number of pyridine rings is 1. The molecule has 0 amide bonds. The molecule has 0 bridgehead atoms. The highest BCUT2D eigenvalue weighted by Crippen LogP contribution is 2.17. The first-order valence-electron chi connectivity index (χ1n) is 9.67. The summed E-state index contributed by atoms with van der Waals surface area (Å²) >= 11 is 0. The van der Waals surface area contributed by atoms with Crippen LogP contribution in [-0.4, -0.2) is 32.8 Å². The second-order valence-corrected chi connectivity index (χ2v) is 6.66. The summed E-state index contributed by atoms with van der Waals surface area (Å²) in [6.45, 7) is 3.37. The molecule has 3 rings (SSSR count). The van der Waals surface area contributed by atoms with Gasteiger partial charge in [0.15, 0.2) is 0 Å². The number of para-hydroxylation sites is 1. The minimum atomic E-state index is -0.160. The molecule has 0 aliphatic rings. The van der Waals surface area contributed by atoms with Crippen molar-refractivity contribution < 1.29 is 9.53 Å². The molecule has 6 nitrogen and oxygen atoms in total. The largest absolute Gasteiger partial charge is 0.375 e. The number of H-pyrrole nitrogens is 1. The maximum atomic E-state index is 12.8. The van der Waals surface area contributed by atoms with E-state index in [0.717, 1.165) is 18.7 Å². The molecule has 6 heteroatoms. The van der Waals surface area contributed by atoms with Crippen LogP contribution in [0.2, 0.25) is 0 Å². The smallest absolute Gasteiger partial charge is 0.213 e. The number of aromatic nitrogens is 4. The van der Waals surface area contributed by atoms with Gasteiger partial charge in [0.25, 0.3) is 0 Å². The molecule has 0 radical (unpaired) electrons. The molecule has 0 aliphatic carbocycles. The Hall–Kier alpha value is -2.60. The van der Waals surface area contributed by atoms with Crippen molar-refractivity contribution in [3.8, 4) is 0 Å². The van der Waals surface area contributed by atoms with Gasteiger partial charge in [0, 0.05) is 6.61 Å². The highest BCUT2D eigenvalue weighted by Gasteiger charge is 2.16. The van der Waals surface area contributed by atoms with E-state index in [2.05, 4.69) is 27.3 Å². The zero-order chi connectivity index (χ0) is 18.9. The number of hydrogen-bond donors (Lipinski definition) is 1. The normalized spacial score (nSPS) is 11.1. The highest BCUT2D eigenvalue weighted by atomic mass is 16.5. The van der Waals surface area contributed by atoms with Gasteiger partial charge in [-0.05, 0) is 30.7 Å². The van der Waals surface area contributed by atoms with Crippen molar-refractivity contribution in [3.63, 3.8) is 0 Å². The van der Waals surface area contributed by atoms with E-state index in [4.69, 9.17) is 4.74 Å². The lowest BCUT2D eigenvalue weighted by Gasteiger charge is -2.06. The summed E-state index contributed by atoms with van der Waals surface area (Å²) in [5, 5.41) is 10.7. The molecule has 1 N–H and O–H groups in total. The number of hydrogen-bond acceptors (Lipinski definition) is 5. The quantitative estimate of drug-likeness (QED) is 0.400. The van der Waals surface area contributed by atoms with Crippen molar-refractivity contribution >= 4 is 16.8 Å². The molecule has 0 aliphatic heterocycles.